The highest BCUT2D eigenvalue weighted by Gasteiger charge is 2.22. The van der Waals surface area contributed by atoms with E-state index in [4.69, 9.17) is 0 Å². The summed E-state index contributed by atoms with van der Waals surface area (Å²) >= 11 is 0. The highest BCUT2D eigenvalue weighted by Crippen LogP contribution is 2.22. The van der Waals surface area contributed by atoms with Crippen LogP contribution >= 0.6 is 0 Å². The maximum absolute atomic E-state index is 13.6. The Hall–Kier alpha value is -2.90. The monoisotopic (exact) mass is 279 g/mol. The lowest BCUT2D eigenvalue weighted by molar-refractivity contribution is -0.387. The molecule has 6 nitrogen and oxygen atoms in total. The fraction of sp³-hybridized carbons (Fsp3) is 0. The summed E-state index contributed by atoms with van der Waals surface area (Å²) in [7, 11) is 0. The van der Waals surface area contributed by atoms with Crippen LogP contribution in [-0.4, -0.2) is 15.8 Å². The number of hydrogen-bond donors (Lipinski definition) is 1. The van der Waals surface area contributed by atoms with Crippen LogP contribution in [-0.2, 0) is 0 Å². The molecule has 0 saturated heterocycles. The predicted octanol–water partition coefficient (Wildman–Crippen LogP) is 2.52. The van der Waals surface area contributed by atoms with Gasteiger partial charge in [0.25, 0.3) is 5.91 Å². The number of rotatable bonds is 3. The van der Waals surface area contributed by atoms with E-state index in [1.165, 1.54) is 24.5 Å². The van der Waals surface area contributed by atoms with Crippen molar-refractivity contribution in [1.82, 2.24) is 4.98 Å². The van der Waals surface area contributed by atoms with E-state index in [0.717, 1.165) is 0 Å². The fourth-order valence-corrected chi connectivity index (χ4v) is 1.48. The Morgan fingerprint density at radius 2 is 1.85 bits per heavy atom. The number of nitrogens with one attached hydrogen (secondary N) is 1. The standard InChI is InChI=1S/C12H7F2N3O3/c13-9-6-11(17(19)20)10(14)5-8(9)12(18)16-7-1-3-15-4-2-7/h1-6H,(H,15,16,18). The van der Waals surface area contributed by atoms with Gasteiger partial charge in [-0.25, -0.2) is 4.39 Å². The molecule has 0 radical (unpaired) electrons. The first-order chi connectivity index (χ1) is 9.49. The van der Waals surface area contributed by atoms with E-state index in [2.05, 4.69) is 10.3 Å². The lowest BCUT2D eigenvalue weighted by Crippen LogP contribution is -2.14. The Bertz CT molecular complexity index is 677. The number of carbonyl (C=O) groups is 1. The Morgan fingerprint density at radius 1 is 1.20 bits per heavy atom. The summed E-state index contributed by atoms with van der Waals surface area (Å²) in [4.78, 5) is 24.9. The van der Waals surface area contributed by atoms with Crippen LogP contribution in [0, 0.1) is 21.7 Å². The minimum atomic E-state index is -1.28. The number of nitrogens with zero attached hydrogens (tertiary/aromatic N) is 2. The van der Waals surface area contributed by atoms with Crippen molar-refractivity contribution in [2.75, 3.05) is 5.32 Å². The molecule has 0 saturated carbocycles. The van der Waals surface area contributed by atoms with Crippen molar-refractivity contribution in [2.45, 2.75) is 0 Å². The molecule has 1 aromatic heterocycles. The van der Waals surface area contributed by atoms with Gasteiger partial charge in [0, 0.05) is 18.1 Å². The van der Waals surface area contributed by atoms with E-state index < -0.39 is 33.7 Å². The van der Waals surface area contributed by atoms with Crippen molar-refractivity contribution >= 4 is 17.3 Å². The zero-order chi connectivity index (χ0) is 14.7. The molecule has 0 fully saturated rings. The zero-order valence-corrected chi connectivity index (χ0v) is 9.84. The smallest absolute Gasteiger partial charge is 0.307 e. The van der Waals surface area contributed by atoms with E-state index in [-0.39, 0.29) is 0 Å². The Labute approximate surface area is 111 Å². The molecule has 0 aliphatic carbocycles. The molecule has 2 aromatic rings. The van der Waals surface area contributed by atoms with Gasteiger partial charge in [0.1, 0.15) is 5.82 Å². The quantitative estimate of drug-likeness (QED) is 0.691. The number of pyridine rings is 1. The van der Waals surface area contributed by atoms with Crippen LogP contribution in [0.1, 0.15) is 10.4 Å². The lowest BCUT2D eigenvalue weighted by atomic mass is 10.1. The number of halogens is 2. The average molecular weight is 279 g/mol. The van der Waals surface area contributed by atoms with E-state index in [1.807, 2.05) is 0 Å². The molecule has 1 N–H and O–H groups in total. The van der Waals surface area contributed by atoms with Gasteiger partial charge in [0.15, 0.2) is 0 Å². The van der Waals surface area contributed by atoms with E-state index >= 15 is 0 Å². The van der Waals surface area contributed by atoms with Crippen molar-refractivity contribution in [3.05, 3.63) is 64.0 Å². The van der Waals surface area contributed by atoms with Crippen LogP contribution in [0.4, 0.5) is 20.2 Å². The maximum Gasteiger partial charge on any atom is 0.307 e. The first kappa shape index (κ1) is 13.5. The number of amides is 1. The number of carbonyl (C=O) groups excluding carboxylic acids is 1. The van der Waals surface area contributed by atoms with Crippen molar-refractivity contribution in [3.8, 4) is 0 Å². The molecule has 1 heterocycles. The normalized spacial score (nSPS) is 10.1. The van der Waals surface area contributed by atoms with Crippen LogP contribution < -0.4 is 5.32 Å². The average Bonchev–Trinajstić information content (AvgIpc) is 2.41. The zero-order valence-electron chi connectivity index (χ0n) is 9.84. The number of nitro benzene ring substituents is 1. The first-order valence-corrected chi connectivity index (χ1v) is 5.34. The third-order valence-corrected chi connectivity index (χ3v) is 2.42. The number of hydrogen-bond acceptors (Lipinski definition) is 4. The lowest BCUT2D eigenvalue weighted by Gasteiger charge is -2.06. The van der Waals surface area contributed by atoms with E-state index in [9.17, 15) is 23.7 Å². The summed E-state index contributed by atoms with van der Waals surface area (Å²) in [5, 5.41) is 12.8. The van der Waals surface area contributed by atoms with Crippen LogP contribution in [0.2, 0.25) is 0 Å². The van der Waals surface area contributed by atoms with Gasteiger partial charge in [-0.05, 0) is 18.2 Å². The molecule has 20 heavy (non-hydrogen) atoms. The second-order valence-electron chi connectivity index (χ2n) is 3.73. The molecule has 1 amide bonds. The van der Waals surface area contributed by atoms with Crippen molar-refractivity contribution in [3.63, 3.8) is 0 Å². The number of benzene rings is 1. The number of aromatic nitrogens is 1. The maximum atomic E-state index is 13.6. The van der Waals surface area contributed by atoms with E-state index in [0.29, 0.717) is 17.8 Å². The SMILES string of the molecule is O=C(Nc1ccncc1)c1cc(F)c([N+](=O)[O-])cc1F. The summed E-state index contributed by atoms with van der Waals surface area (Å²) in [5.41, 5.74) is -1.31. The van der Waals surface area contributed by atoms with Crippen molar-refractivity contribution < 1.29 is 18.5 Å². The summed E-state index contributed by atoms with van der Waals surface area (Å²) in [6.45, 7) is 0. The van der Waals surface area contributed by atoms with E-state index in [1.54, 1.807) is 0 Å². The highest BCUT2D eigenvalue weighted by atomic mass is 19.1. The number of nitro groups is 1. The van der Waals surface area contributed by atoms with Crippen LogP contribution in [0.3, 0.4) is 0 Å². The summed E-state index contributed by atoms with van der Waals surface area (Å²) in [6.07, 6.45) is 2.81. The molecule has 0 bridgehead atoms. The molecule has 0 aliphatic heterocycles. The highest BCUT2D eigenvalue weighted by molar-refractivity contribution is 6.04. The van der Waals surface area contributed by atoms with Gasteiger partial charge in [0.05, 0.1) is 16.6 Å². The minimum Gasteiger partial charge on any atom is -0.322 e. The van der Waals surface area contributed by atoms with Crippen LogP contribution in [0.15, 0.2) is 36.7 Å². The molecule has 0 aliphatic rings. The molecule has 2 rings (SSSR count). The van der Waals surface area contributed by atoms with Gasteiger partial charge in [0.2, 0.25) is 5.82 Å². The van der Waals surface area contributed by atoms with Gasteiger partial charge in [-0.1, -0.05) is 0 Å². The molecular formula is C12H7F2N3O3. The van der Waals surface area contributed by atoms with Gasteiger partial charge in [-0.2, -0.15) is 4.39 Å². The molecule has 0 atom stereocenters. The topological polar surface area (TPSA) is 85.1 Å². The Balaban J connectivity index is 2.31. The van der Waals surface area contributed by atoms with Crippen LogP contribution in [0.5, 0.6) is 0 Å². The largest absolute Gasteiger partial charge is 0.322 e. The molecule has 1 aromatic carbocycles. The third-order valence-electron chi connectivity index (χ3n) is 2.42. The van der Waals surface area contributed by atoms with Gasteiger partial charge in [-0.15, -0.1) is 0 Å². The Kier molecular flexibility index (Phi) is 3.65. The fourth-order valence-electron chi connectivity index (χ4n) is 1.48. The molecule has 102 valence electrons. The molecule has 0 unspecified atom stereocenters. The van der Waals surface area contributed by atoms with Crippen molar-refractivity contribution in [1.29, 1.82) is 0 Å². The number of anilines is 1. The summed E-state index contributed by atoms with van der Waals surface area (Å²) in [6, 6.07) is 3.77. The van der Waals surface area contributed by atoms with Gasteiger partial charge in [-0.3, -0.25) is 19.9 Å². The second-order valence-corrected chi connectivity index (χ2v) is 3.73. The minimum absolute atomic E-state index is 0.336. The van der Waals surface area contributed by atoms with Gasteiger partial charge < -0.3 is 5.32 Å². The summed E-state index contributed by atoms with van der Waals surface area (Å²) < 4.78 is 27.0. The van der Waals surface area contributed by atoms with Gasteiger partial charge >= 0.3 is 5.69 Å². The Morgan fingerprint density at radius 3 is 2.45 bits per heavy atom. The van der Waals surface area contributed by atoms with Crippen molar-refractivity contribution in [2.24, 2.45) is 0 Å². The molecule has 0 spiro atoms. The predicted molar refractivity (Wildman–Crippen MR) is 65.2 cm³/mol. The third kappa shape index (κ3) is 2.74. The molecular weight excluding hydrogens is 272 g/mol. The summed E-state index contributed by atoms with van der Waals surface area (Å²) in [5.74, 6) is -3.37. The van der Waals surface area contributed by atoms with Crippen LogP contribution in [0.25, 0.3) is 0 Å². The molecule has 8 heteroatoms. The second kappa shape index (κ2) is 5.39. The first-order valence-electron chi connectivity index (χ1n) is 5.34.